The van der Waals surface area contributed by atoms with Crippen LogP contribution in [0.25, 0.3) is 0 Å². The van der Waals surface area contributed by atoms with Crippen molar-refractivity contribution in [3.63, 3.8) is 0 Å². The molecule has 2 heterocycles. The molecule has 2 amide bonds. The fraction of sp³-hybridized carbons (Fsp3) is 0.190. The predicted molar refractivity (Wildman–Crippen MR) is 121 cm³/mol. The topological polar surface area (TPSA) is 131 Å². The summed E-state index contributed by atoms with van der Waals surface area (Å²) in [7, 11) is -2.40. The molecule has 0 radical (unpaired) electrons. The van der Waals surface area contributed by atoms with Crippen molar-refractivity contribution in [1.29, 1.82) is 0 Å². The second-order valence-electron chi connectivity index (χ2n) is 7.24. The molecule has 3 aromatic rings. The van der Waals surface area contributed by atoms with Crippen LogP contribution in [-0.4, -0.2) is 38.5 Å². The molecule has 2 N–H and O–H groups in total. The number of rotatable bonds is 7. The largest absolute Gasteiger partial charge is 0.495 e. The number of ether oxygens (including phenoxy) is 1. The van der Waals surface area contributed by atoms with Gasteiger partial charge in [0.05, 0.1) is 29.1 Å². The van der Waals surface area contributed by atoms with E-state index in [1.165, 1.54) is 43.5 Å². The van der Waals surface area contributed by atoms with Gasteiger partial charge >= 0.3 is 0 Å². The maximum absolute atomic E-state index is 12.9. The van der Waals surface area contributed by atoms with Crippen molar-refractivity contribution >= 4 is 50.6 Å². The molecule has 0 spiro atoms. The van der Waals surface area contributed by atoms with Crippen molar-refractivity contribution in [3.8, 4) is 5.75 Å². The average Bonchev–Trinajstić information content (AvgIpc) is 3.29. The third kappa shape index (κ3) is 4.64. The van der Waals surface area contributed by atoms with Crippen molar-refractivity contribution in [3.05, 3.63) is 59.3 Å². The molecule has 1 fully saturated rings. The quantitative estimate of drug-likeness (QED) is 0.483. The number of aryl methyl sites for hydroxylation is 1. The van der Waals surface area contributed by atoms with Gasteiger partial charge in [-0.15, -0.1) is 0 Å². The molecule has 2 aromatic carbocycles. The third-order valence-electron chi connectivity index (χ3n) is 4.91. The number of sulfonamides is 1. The molecule has 1 aliphatic heterocycles. The van der Waals surface area contributed by atoms with E-state index in [4.69, 9.17) is 20.9 Å². The SMILES string of the molecule is COc1ccc(N2C(=O)CC(Nc3ccc(S(=O)(=O)Nc4cc(C)on4)cc3)C2=O)cc1Cl. The molecule has 1 aliphatic rings. The van der Waals surface area contributed by atoms with Crippen molar-refractivity contribution in [2.75, 3.05) is 22.0 Å². The minimum absolute atomic E-state index is 0.00275. The lowest BCUT2D eigenvalue weighted by Gasteiger charge is -2.17. The van der Waals surface area contributed by atoms with Crippen LogP contribution in [0.5, 0.6) is 5.75 Å². The number of hydrogen-bond donors (Lipinski definition) is 2. The summed E-state index contributed by atoms with van der Waals surface area (Å²) in [6.07, 6.45) is -0.0599. The second-order valence-corrected chi connectivity index (χ2v) is 9.33. The molecule has 1 aromatic heterocycles. The zero-order chi connectivity index (χ0) is 23.8. The van der Waals surface area contributed by atoms with Crippen molar-refractivity contribution in [1.82, 2.24) is 5.16 Å². The van der Waals surface area contributed by atoms with E-state index in [0.29, 0.717) is 22.9 Å². The number of benzene rings is 2. The van der Waals surface area contributed by atoms with Crippen molar-refractivity contribution in [2.24, 2.45) is 0 Å². The highest BCUT2D eigenvalue weighted by Crippen LogP contribution is 2.32. The number of anilines is 3. The zero-order valence-corrected chi connectivity index (χ0v) is 19.1. The Morgan fingerprint density at radius 1 is 1.15 bits per heavy atom. The van der Waals surface area contributed by atoms with E-state index in [0.717, 1.165) is 4.90 Å². The maximum atomic E-state index is 12.9. The highest BCUT2D eigenvalue weighted by Gasteiger charge is 2.39. The standard InChI is InChI=1S/C21H19ClN4O6S/c1-12-9-19(24-32-12)25-33(29,30)15-6-3-13(4-7-15)23-17-11-20(27)26(21(17)28)14-5-8-18(31-2)16(22)10-14/h3-10,17,23H,11H2,1-2H3,(H,24,25). The molecule has 4 rings (SSSR count). The molecule has 1 unspecified atom stereocenters. The molecular weight excluding hydrogens is 472 g/mol. The van der Waals surface area contributed by atoms with Crippen molar-refractivity contribution < 1.29 is 27.3 Å². The Morgan fingerprint density at radius 2 is 1.88 bits per heavy atom. The first-order valence-electron chi connectivity index (χ1n) is 9.71. The van der Waals surface area contributed by atoms with Gasteiger partial charge in [-0.1, -0.05) is 16.8 Å². The Hall–Kier alpha value is -3.57. The number of methoxy groups -OCH3 is 1. The van der Waals surface area contributed by atoms with Gasteiger partial charge < -0.3 is 14.6 Å². The summed E-state index contributed by atoms with van der Waals surface area (Å²) >= 11 is 6.12. The molecule has 0 saturated carbocycles. The van der Waals surface area contributed by atoms with Crippen LogP contribution < -0.4 is 19.7 Å². The summed E-state index contributed by atoms with van der Waals surface area (Å²) in [5.41, 5.74) is 0.822. The van der Waals surface area contributed by atoms with Gasteiger partial charge in [0, 0.05) is 11.8 Å². The average molecular weight is 491 g/mol. The van der Waals surface area contributed by atoms with Gasteiger partial charge in [0.15, 0.2) is 5.82 Å². The van der Waals surface area contributed by atoms with Gasteiger partial charge in [-0.2, -0.15) is 0 Å². The first-order chi connectivity index (χ1) is 15.7. The molecule has 0 aliphatic carbocycles. The van der Waals surface area contributed by atoms with Crippen LogP contribution in [0.4, 0.5) is 17.2 Å². The Balaban J connectivity index is 1.46. The molecule has 12 heteroatoms. The number of halogens is 1. The summed E-state index contributed by atoms with van der Waals surface area (Å²) in [4.78, 5) is 26.4. The number of carbonyl (C=O) groups excluding carboxylic acids is 2. The number of nitrogens with zero attached hydrogens (tertiary/aromatic N) is 2. The smallest absolute Gasteiger partial charge is 0.263 e. The Morgan fingerprint density at radius 3 is 2.48 bits per heavy atom. The number of aromatic nitrogens is 1. The number of amides is 2. The second kappa shape index (κ2) is 8.75. The summed E-state index contributed by atoms with van der Waals surface area (Å²) in [6, 6.07) is 11.1. The van der Waals surface area contributed by atoms with Gasteiger partial charge in [0.25, 0.3) is 15.9 Å². The highest BCUT2D eigenvalue weighted by molar-refractivity contribution is 7.92. The molecular formula is C21H19ClN4O6S. The summed E-state index contributed by atoms with van der Waals surface area (Å²) in [6.45, 7) is 1.64. The minimum atomic E-state index is -3.87. The number of carbonyl (C=O) groups is 2. The Labute approximate surface area is 194 Å². The molecule has 1 saturated heterocycles. The minimum Gasteiger partial charge on any atom is -0.495 e. The van der Waals surface area contributed by atoms with Gasteiger partial charge in [0.1, 0.15) is 17.6 Å². The highest BCUT2D eigenvalue weighted by atomic mass is 35.5. The lowest BCUT2D eigenvalue weighted by Crippen LogP contribution is -2.34. The fourth-order valence-corrected chi connectivity index (χ4v) is 4.59. The summed E-state index contributed by atoms with van der Waals surface area (Å²) < 4.78 is 37.3. The van der Waals surface area contributed by atoms with Crippen LogP contribution in [-0.2, 0) is 19.6 Å². The van der Waals surface area contributed by atoms with Crippen LogP contribution >= 0.6 is 11.6 Å². The molecule has 10 nitrogen and oxygen atoms in total. The lowest BCUT2D eigenvalue weighted by atomic mass is 10.2. The fourth-order valence-electron chi connectivity index (χ4n) is 3.35. The normalized spacial score (nSPS) is 16.2. The lowest BCUT2D eigenvalue weighted by molar-refractivity contribution is -0.121. The monoisotopic (exact) mass is 490 g/mol. The number of nitrogens with one attached hydrogen (secondary N) is 2. The third-order valence-corrected chi connectivity index (χ3v) is 6.58. The van der Waals surface area contributed by atoms with E-state index < -0.39 is 22.0 Å². The van der Waals surface area contributed by atoms with E-state index >= 15 is 0 Å². The number of imide groups is 1. The number of hydrogen-bond acceptors (Lipinski definition) is 8. The first kappa shape index (κ1) is 22.6. The van der Waals surface area contributed by atoms with Crippen LogP contribution in [0, 0.1) is 6.92 Å². The first-order valence-corrected chi connectivity index (χ1v) is 11.6. The summed E-state index contributed by atoms with van der Waals surface area (Å²) in [5, 5.41) is 6.86. The Kier molecular flexibility index (Phi) is 6.00. The molecule has 172 valence electrons. The van der Waals surface area contributed by atoms with Crippen LogP contribution in [0.1, 0.15) is 12.2 Å². The van der Waals surface area contributed by atoms with E-state index in [-0.39, 0.29) is 28.1 Å². The maximum Gasteiger partial charge on any atom is 0.263 e. The predicted octanol–water partition coefficient (Wildman–Crippen LogP) is 3.19. The van der Waals surface area contributed by atoms with E-state index in [2.05, 4.69) is 15.2 Å². The molecule has 0 bridgehead atoms. The summed E-state index contributed by atoms with van der Waals surface area (Å²) in [5.74, 6) is 0.140. The van der Waals surface area contributed by atoms with Crippen LogP contribution in [0.3, 0.4) is 0 Å². The van der Waals surface area contributed by atoms with Gasteiger partial charge in [-0.3, -0.25) is 14.3 Å². The van der Waals surface area contributed by atoms with Crippen LogP contribution in [0.2, 0.25) is 5.02 Å². The Bertz CT molecular complexity index is 1320. The van der Waals surface area contributed by atoms with E-state index in [1.54, 1.807) is 19.1 Å². The van der Waals surface area contributed by atoms with Crippen LogP contribution in [0.15, 0.2) is 57.9 Å². The van der Waals surface area contributed by atoms with E-state index in [9.17, 15) is 18.0 Å². The zero-order valence-electron chi connectivity index (χ0n) is 17.5. The molecule has 1 atom stereocenters. The van der Waals surface area contributed by atoms with Crippen molar-refractivity contribution in [2.45, 2.75) is 24.3 Å². The van der Waals surface area contributed by atoms with Gasteiger partial charge in [0.2, 0.25) is 5.91 Å². The van der Waals surface area contributed by atoms with Gasteiger partial charge in [-0.05, 0) is 49.4 Å². The van der Waals surface area contributed by atoms with Gasteiger partial charge in [-0.25, -0.2) is 13.3 Å². The van der Waals surface area contributed by atoms with E-state index in [1.807, 2.05) is 0 Å². The molecule has 33 heavy (non-hydrogen) atoms.